The molecule has 76 valence electrons. The summed E-state index contributed by atoms with van der Waals surface area (Å²) in [5, 5.41) is 9.59. The van der Waals surface area contributed by atoms with Crippen molar-refractivity contribution in [2.45, 2.75) is 26.7 Å². The third-order valence-electron chi connectivity index (χ3n) is 2.26. The first-order valence-corrected chi connectivity index (χ1v) is 4.42. The average Bonchev–Trinajstić information content (AvgIpc) is 2.01. The SMILES string of the molecule is C=C(C)C(C)c1c(O)cc(C)oc1=O. The summed E-state index contributed by atoms with van der Waals surface area (Å²) in [7, 11) is 0. The van der Waals surface area contributed by atoms with Crippen molar-refractivity contribution in [1.82, 2.24) is 0 Å². The van der Waals surface area contributed by atoms with Crippen LogP contribution in [0.25, 0.3) is 0 Å². The Morgan fingerprint density at radius 1 is 1.64 bits per heavy atom. The second-order valence-electron chi connectivity index (χ2n) is 3.51. The zero-order valence-corrected chi connectivity index (χ0v) is 8.63. The molecule has 1 rings (SSSR count). The van der Waals surface area contributed by atoms with Crippen LogP contribution in [-0.4, -0.2) is 5.11 Å². The monoisotopic (exact) mass is 194 g/mol. The van der Waals surface area contributed by atoms with Gasteiger partial charge in [-0.1, -0.05) is 19.1 Å². The molecule has 3 heteroatoms. The van der Waals surface area contributed by atoms with E-state index < -0.39 is 5.63 Å². The highest BCUT2D eigenvalue weighted by atomic mass is 16.4. The summed E-state index contributed by atoms with van der Waals surface area (Å²) < 4.78 is 4.90. The van der Waals surface area contributed by atoms with Gasteiger partial charge in [0.1, 0.15) is 11.5 Å². The second kappa shape index (κ2) is 3.70. The molecule has 0 radical (unpaired) electrons. The van der Waals surface area contributed by atoms with E-state index in [9.17, 15) is 9.90 Å². The Morgan fingerprint density at radius 2 is 2.21 bits per heavy atom. The zero-order chi connectivity index (χ0) is 10.9. The number of aryl methyl sites for hydroxylation is 1. The third kappa shape index (κ3) is 1.87. The maximum Gasteiger partial charge on any atom is 0.343 e. The second-order valence-corrected chi connectivity index (χ2v) is 3.51. The highest BCUT2D eigenvalue weighted by Crippen LogP contribution is 2.27. The Balaban J connectivity index is 3.35. The van der Waals surface area contributed by atoms with Crippen molar-refractivity contribution < 1.29 is 9.52 Å². The van der Waals surface area contributed by atoms with E-state index in [-0.39, 0.29) is 17.2 Å². The normalized spacial score (nSPS) is 12.5. The summed E-state index contributed by atoms with van der Waals surface area (Å²) in [6.07, 6.45) is 0. The smallest absolute Gasteiger partial charge is 0.343 e. The first-order chi connectivity index (χ1) is 6.43. The molecule has 0 aliphatic carbocycles. The van der Waals surface area contributed by atoms with Crippen molar-refractivity contribution in [3.8, 4) is 5.75 Å². The van der Waals surface area contributed by atoms with Gasteiger partial charge in [-0.2, -0.15) is 0 Å². The summed E-state index contributed by atoms with van der Waals surface area (Å²) in [5.74, 6) is 0.200. The third-order valence-corrected chi connectivity index (χ3v) is 2.26. The lowest BCUT2D eigenvalue weighted by molar-refractivity contribution is 0.419. The largest absolute Gasteiger partial charge is 0.507 e. The number of rotatable bonds is 2. The van der Waals surface area contributed by atoms with Gasteiger partial charge in [0, 0.05) is 12.0 Å². The minimum Gasteiger partial charge on any atom is -0.507 e. The molecule has 0 aliphatic rings. The van der Waals surface area contributed by atoms with E-state index in [2.05, 4.69) is 6.58 Å². The summed E-state index contributed by atoms with van der Waals surface area (Å²) in [6.45, 7) is 8.98. The molecule has 0 saturated heterocycles. The Kier molecular flexibility index (Phi) is 2.79. The zero-order valence-electron chi connectivity index (χ0n) is 8.63. The average molecular weight is 194 g/mol. The lowest BCUT2D eigenvalue weighted by Gasteiger charge is -2.11. The van der Waals surface area contributed by atoms with Crippen LogP contribution in [0, 0.1) is 6.92 Å². The molecule has 1 unspecified atom stereocenters. The van der Waals surface area contributed by atoms with Crippen LogP contribution in [0.3, 0.4) is 0 Å². The Hall–Kier alpha value is -1.51. The van der Waals surface area contributed by atoms with Crippen LogP contribution in [0.15, 0.2) is 27.4 Å². The minimum atomic E-state index is -0.488. The molecule has 0 fully saturated rings. The fourth-order valence-corrected chi connectivity index (χ4v) is 1.25. The highest BCUT2D eigenvalue weighted by Gasteiger charge is 2.17. The molecular weight excluding hydrogens is 180 g/mol. The van der Waals surface area contributed by atoms with Crippen molar-refractivity contribution in [1.29, 1.82) is 0 Å². The van der Waals surface area contributed by atoms with E-state index in [4.69, 9.17) is 4.42 Å². The number of hydrogen-bond donors (Lipinski definition) is 1. The molecule has 0 saturated carbocycles. The van der Waals surface area contributed by atoms with Gasteiger partial charge < -0.3 is 9.52 Å². The predicted molar refractivity (Wildman–Crippen MR) is 54.6 cm³/mol. The molecule has 0 aromatic carbocycles. The molecule has 1 aromatic heterocycles. The van der Waals surface area contributed by atoms with Crippen LogP contribution < -0.4 is 5.63 Å². The number of aromatic hydroxyl groups is 1. The van der Waals surface area contributed by atoms with Crippen LogP contribution in [0.5, 0.6) is 5.75 Å². The van der Waals surface area contributed by atoms with Gasteiger partial charge in [-0.15, -0.1) is 0 Å². The van der Waals surface area contributed by atoms with E-state index >= 15 is 0 Å². The summed E-state index contributed by atoms with van der Waals surface area (Å²) in [4.78, 5) is 11.4. The Bertz CT molecular complexity index is 415. The molecule has 1 atom stereocenters. The molecule has 1 N–H and O–H groups in total. The first kappa shape index (κ1) is 10.6. The number of allylic oxidation sites excluding steroid dienone is 1. The standard InChI is InChI=1S/C11H14O3/c1-6(2)8(4)10-9(12)5-7(3)14-11(10)13/h5,8,12H,1H2,2-4H3. The molecular formula is C11H14O3. The Labute approximate surface area is 82.7 Å². The van der Waals surface area contributed by atoms with E-state index in [0.29, 0.717) is 5.76 Å². The van der Waals surface area contributed by atoms with Crippen LogP contribution >= 0.6 is 0 Å². The maximum atomic E-state index is 11.4. The fraction of sp³-hybridized carbons (Fsp3) is 0.364. The lowest BCUT2D eigenvalue weighted by Crippen LogP contribution is -2.11. The maximum absolute atomic E-state index is 11.4. The van der Waals surface area contributed by atoms with Gasteiger partial charge in [0.2, 0.25) is 0 Å². The topological polar surface area (TPSA) is 50.4 Å². The van der Waals surface area contributed by atoms with E-state index in [1.54, 1.807) is 6.92 Å². The molecule has 0 bridgehead atoms. The van der Waals surface area contributed by atoms with Gasteiger partial charge >= 0.3 is 5.63 Å². The molecule has 14 heavy (non-hydrogen) atoms. The van der Waals surface area contributed by atoms with Crippen molar-refractivity contribution in [3.05, 3.63) is 40.0 Å². The van der Waals surface area contributed by atoms with Crippen molar-refractivity contribution in [2.75, 3.05) is 0 Å². The van der Waals surface area contributed by atoms with E-state index in [1.807, 2.05) is 13.8 Å². The molecule has 1 heterocycles. The van der Waals surface area contributed by atoms with Crippen molar-refractivity contribution >= 4 is 0 Å². The van der Waals surface area contributed by atoms with Gasteiger partial charge in [-0.05, 0) is 13.8 Å². The van der Waals surface area contributed by atoms with Gasteiger partial charge in [-0.25, -0.2) is 4.79 Å². The van der Waals surface area contributed by atoms with E-state index in [0.717, 1.165) is 5.57 Å². The molecule has 1 aromatic rings. The van der Waals surface area contributed by atoms with Crippen molar-refractivity contribution in [3.63, 3.8) is 0 Å². The summed E-state index contributed by atoms with van der Waals surface area (Å²) in [5.41, 5.74) is 0.609. The minimum absolute atomic E-state index is 0.0192. The van der Waals surface area contributed by atoms with Crippen LogP contribution in [0.4, 0.5) is 0 Å². The molecule has 0 amide bonds. The van der Waals surface area contributed by atoms with Crippen LogP contribution in [0.2, 0.25) is 0 Å². The van der Waals surface area contributed by atoms with Gasteiger partial charge in [0.15, 0.2) is 0 Å². The highest BCUT2D eigenvalue weighted by molar-refractivity contribution is 5.36. The van der Waals surface area contributed by atoms with Gasteiger partial charge in [-0.3, -0.25) is 0 Å². The molecule has 0 spiro atoms. The Morgan fingerprint density at radius 3 is 2.64 bits per heavy atom. The summed E-state index contributed by atoms with van der Waals surface area (Å²) >= 11 is 0. The van der Waals surface area contributed by atoms with Gasteiger partial charge in [0.05, 0.1) is 5.56 Å². The quantitative estimate of drug-likeness (QED) is 0.735. The van der Waals surface area contributed by atoms with E-state index in [1.165, 1.54) is 6.07 Å². The van der Waals surface area contributed by atoms with Crippen molar-refractivity contribution in [2.24, 2.45) is 0 Å². The van der Waals surface area contributed by atoms with Gasteiger partial charge in [0.25, 0.3) is 0 Å². The fourth-order valence-electron chi connectivity index (χ4n) is 1.25. The molecule has 0 aliphatic heterocycles. The lowest BCUT2D eigenvalue weighted by atomic mass is 9.96. The van der Waals surface area contributed by atoms with Crippen LogP contribution in [0.1, 0.15) is 31.1 Å². The first-order valence-electron chi connectivity index (χ1n) is 4.42. The summed E-state index contributed by atoms with van der Waals surface area (Å²) in [6, 6.07) is 1.44. The van der Waals surface area contributed by atoms with Crippen LogP contribution in [-0.2, 0) is 0 Å². The molecule has 3 nitrogen and oxygen atoms in total. The predicted octanol–water partition coefficient (Wildman–Crippen LogP) is 2.33. The number of hydrogen-bond acceptors (Lipinski definition) is 3.